The Balaban J connectivity index is 0.00000225. The molecule has 0 amide bonds. The number of hydrogen-bond donors (Lipinski definition) is 2. The molecule has 1 fully saturated rings. The van der Waals surface area contributed by atoms with Gasteiger partial charge in [-0.25, -0.2) is 9.67 Å². The van der Waals surface area contributed by atoms with Crippen LogP contribution in [0.5, 0.6) is 0 Å². The molecule has 136 valence electrons. The van der Waals surface area contributed by atoms with Gasteiger partial charge in [0.2, 0.25) is 0 Å². The van der Waals surface area contributed by atoms with Gasteiger partial charge in [-0.15, -0.1) is 24.0 Å². The molecule has 0 aromatic carbocycles. The van der Waals surface area contributed by atoms with Crippen molar-refractivity contribution in [1.29, 1.82) is 0 Å². The van der Waals surface area contributed by atoms with Crippen LogP contribution in [0, 0.1) is 0 Å². The summed E-state index contributed by atoms with van der Waals surface area (Å²) in [6.45, 7) is 3.96. The zero-order valence-corrected chi connectivity index (χ0v) is 17.8. The fourth-order valence-electron chi connectivity index (χ4n) is 2.75. The van der Waals surface area contributed by atoms with Gasteiger partial charge >= 0.3 is 0 Å². The standard InChI is InChI=1S/C17H24N6S.HI/c1-17(6-3-10-24-17)13-21-16(18-2)20-12-14-5-8-19-15(11-14)23-9-4-7-22-23;/h4-5,7-9,11H,3,6,10,12-13H2,1-2H3,(H2,18,20,21);1H. The summed E-state index contributed by atoms with van der Waals surface area (Å²) < 4.78 is 2.08. The van der Waals surface area contributed by atoms with Crippen molar-refractivity contribution in [3.63, 3.8) is 0 Å². The minimum Gasteiger partial charge on any atom is -0.355 e. The van der Waals surface area contributed by atoms with Gasteiger partial charge in [0.1, 0.15) is 0 Å². The van der Waals surface area contributed by atoms with E-state index in [0.717, 1.165) is 23.9 Å². The molecule has 2 aromatic heterocycles. The van der Waals surface area contributed by atoms with Gasteiger partial charge in [-0.3, -0.25) is 4.99 Å². The van der Waals surface area contributed by atoms with Crippen molar-refractivity contribution >= 4 is 41.7 Å². The molecule has 3 rings (SSSR count). The summed E-state index contributed by atoms with van der Waals surface area (Å²) in [5, 5.41) is 11.0. The summed E-state index contributed by atoms with van der Waals surface area (Å²) in [4.78, 5) is 8.67. The summed E-state index contributed by atoms with van der Waals surface area (Å²) >= 11 is 2.05. The van der Waals surface area contributed by atoms with Crippen molar-refractivity contribution in [3.8, 4) is 5.82 Å². The first-order chi connectivity index (χ1) is 11.7. The molecule has 2 N–H and O–H groups in total. The largest absolute Gasteiger partial charge is 0.355 e. The van der Waals surface area contributed by atoms with Gasteiger partial charge in [0, 0.05) is 43.5 Å². The van der Waals surface area contributed by atoms with E-state index in [-0.39, 0.29) is 24.0 Å². The monoisotopic (exact) mass is 472 g/mol. The Morgan fingerprint density at radius 1 is 1.40 bits per heavy atom. The van der Waals surface area contributed by atoms with Crippen molar-refractivity contribution in [1.82, 2.24) is 25.4 Å². The summed E-state index contributed by atoms with van der Waals surface area (Å²) in [7, 11) is 1.81. The van der Waals surface area contributed by atoms with Crippen LogP contribution in [-0.4, -0.2) is 44.8 Å². The average molecular weight is 472 g/mol. The van der Waals surface area contributed by atoms with Crippen molar-refractivity contribution in [2.45, 2.75) is 31.1 Å². The molecule has 0 spiro atoms. The van der Waals surface area contributed by atoms with E-state index in [2.05, 4.69) is 32.6 Å². The van der Waals surface area contributed by atoms with Crippen molar-refractivity contribution in [2.24, 2.45) is 4.99 Å². The van der Waals surface area contributed by atoms with Gasteiger partial charge in [-0.1, -0.05) is 0 Å². The van der Waals surface area contributed by atoms with Crippen LogP contribution in [0.4, 0.5) is 0 Å². The molecule has 0 saturated carbocycles. The maximum Gasteiger partial charge on any atom is 0.191 e. The number of hydrogen-bond acceptors (Lipinski definition) is 4. The highest BCUT2D eigenvalue weighted by Gasteiger charge is 2.29. The molecule has 1 aliphatic heterocycles. The summed E-state index contributed by atoms with van der Waals surface area (Å²) in [6, 6.07) is 5.92. The number of aliphatic imine (C=N–C) groups is 1. The summed E-state index contributed by atoms with van der Waals surface area (Å²) in [6.07, 6.45) is 8.02. The summed E-state index contributed by atoms with van der Waals surface area (Å²) in [5.41, 5.74) is 1.14. The molecule has 25 heavy (non-hydrogen) atoms. The molecule has 1 unspecified atom stereocenters. The fourth-order valence-corrected chi connectivity index (χ4v) is 4.00. The maximum atomic E-state index is 4.35. The van der Waals surface area contributed by atoms with Gasteiger partial charge < -0.3 is 10.6 Å². The SMILES string of the molecule is CN=C(NCc1ccnc(-n2cccn2)c1)NCC1(C)CCCS1.I. The highest BCUT2D eigenvalue weighted by molar-refractivity contribution is 14.0. The second kappa shape index (κ2) is 9.42. The molecule has 1 aliphatic rings. The summed E-state index contributed by atoms with van der Waals surface area (Å²) in [5.74, 6) is 2.91. The highest BCUT2D eigenvalue weighted by Crippen LogP contribution is 2.36. The average Bonchev–Trinajstić information content (AvgIpc) is 3.27. The molecule has 2 aromatic rings. The van der Waals surface area contributed by atoms with Gasteiger partial charge in [0.25, 0.3) is 0 Å². The number of guanidine groups is 1. The van der Waals surface area contributed by atoms with Gasteiger partial charge in [0.15, 0.2) is 11.8 Å². The first-order valence-electron chi connectivity index (χ1n) is 8.22. The van der Waals surface area contributed by atoms with Crippen LogP contribution in [0.2, 0.25) is 0 Å². The number of halogens is 1. The van der Waals surface area contributed by atoms with Crippen molar-refractivity contribution in [3.05, 3.63) is 42.4 Å². The number of pyridine rings is 1. The molecule has 1 saturated heterocycles. The normalized spacial score (nSPS) is 20.2. The lowest BCUT2D eigenvalue weighted by Crippen LogP contribution is -2.43. The molecule has 1 atom stereocenters. The number of aromatic nitrogens is 3. The highest BCUT2D eigenvalue weighted by atomic mass is 127. The van der Waals surface area contributed by atoms with Crippen LogP contribution in [0.3, 0.4) is 0 Å². The smallest absolute Gasteiger partial charge is 0.191 e. The van der Waals surface area contributed by atoms with Crippen molar-refractivity contribution in [2.75, 3.05) is 19.3 Å². The maximum absolute atomic E-state index is 4.35. The van der Waals surface area contributed by atoms with Crippen LogP contribution in [0.1, 0.15) is 25.3 Å². The van der Waals surface area contributed by atoms with Crippen LogP contribution < -0.4 is 10.6 Å². The first kappa shape index (κ1) is 20.0. The number of nitrogens with zero attached hydrogens (tertiary/aromatic N) is 4. The minimum atomic E-state index is 0. The van der Waals surface area contributed by atoms with Crippen LogP contribution in [-0.2, 0) is 6.54 Å². The third-order valence-corrected chi connectivity index (χ3v) is 5.70. The first-order valence-corrected chi connectivity index (χ1v) is 9.20. The molecule has 0 bridgehead atoms. The Labute approximate surface area is 170 Å². The lowest BCUT2D eigenvalue weighted by molar-refractivity contribution is 0.584. The Morgan fingerprint density at radius 3 is 2.96 bits per heavy atom. The predicted molar refractivity (Wildman–Crippen MR) is 115 cm³/mol. The Bertz CT molecular complexity index is 682. The van der Waals surface area contributed by atoms with Gasteiger partial charge in [0.05, 0.1) is 0 Å². The van der Waals surface area contributed by atoms with Gasteiger partial charge in [-0.05, 0) is 49.3 Å². The molecular weight excluding hydrogens is 447 g/mol. The Morgan fingerprint density at radius 2 is 2.28 bits per heavy atom. The zero-order chi connectivity index (χ0) is 16.8. The van der Waals surface area contributed by atoms with Gasteiger partial charge in [-0.2, -0.15) is 16.9 Å². The minimum absolute atomic E-state index is 0. The molecule has 8 heteroatoms. The molecule has 3 heterocycles. The lowest BCUT2D eigenvalue weighted by atomic mass is 10.1. The van der Waals surface area contributed by atoms with Crippen molar-refractivity contribution < 1.29 is 0 Å². The van der Waals surface area contributed by atoms with E-state index in [1.54, 1.807) is 24.1 Å². The molecule has 6 nitrogen and oxygen atoms in total. The second-order valence-electron chi connectivity index (χ2n) is 6.15. The second-order valence-corrected chi connectivity index (χ2v) is 7.84. The van der Waals surface area contributed by atoms with E-state index in [9.17, 15) is 0 Å². The van der Waals surface area contributed by atoms with E-state index >= 15 is 0 Å². The number of rotatable bonds is 5. The molecular formula is C17H25IN6S. The van der Waals surface area contributed by atoms with E-state index in [0.29, 0.717) is 11.3 Å². The lowest BCUT2D eigenvalue weighted by Gasteiger charge is -2.24. The predicted octanol–water partition coefficient (Wildman–Crippen LogP) is 2.84. The molecule has 0 radical (unpaired) electrons. The third kappa shape index (κ3) is 5.60. The van der Waals surface area contributed by atoms with E-state index in [4.69, 9.17) is 0 Å². The Kier molecular flexibility index (Phi) is 7.55. The fraction of sp³-hybridized carbons (Fsp3) is 0.471. The topological polar surface area (TPSA) is 67.1 Å². The van der Waals surface area contributed by atoms with E-state index in [1.165, 1.54) is 18.6 Å². The van der Waals surface area contributed by atoms with Crippen LogP contribution in [0.25, 0.3) is 5.82 Å². The quantitative estimate of drug-likeness (QED) is 0.398. The number of nitrogens with one attached hydrogen (secondary N) is 2. The van der Waals surface area contributed by atoms with Crippen LogP contribution in [0.15, 0.2) is 41.8 Å². The molecule has 0 aliphatic carbocycles. The number of thioether (sulfide) groups is 1. The van der Waals surface area contributed by atoms with Crippen LogP contribution >= 0.6 is 35.7 Å². The third-order valence-electron chi connectivity index (χ3n) is 4.16. The Hall–Kier alpha value is -1.29. The zero-order valence-electron chi connectivity index (χ0n) is 14.6. The van der Waals surface area contributed by atoms with E-state index < -0.39 is 0 Å². The van der Waals surface area contributed by atoms with E-state index in [1.807, 2.05) is 36.2 Å².